The molecule has 3 N–H and O–H groups in total. The largest absolute Gasteiger partial charge is 0.496 e. The van der Waals surface area contributed by atoms with Crippen molar-refractivity contribution >= 4 is 23.1 Å². The molecule has 0 saturated carbocycles. The molecule has 0 aliphatic rings. The molecule has 1 atom stereocenters. The van der Waals surface area contributed by atoms with Crippen LogP contribution in [0.15, 0.2) is 18.2 Å². The molecule has 6 heteroatoms. The van der Waals surface area contributed by atoms with E-state index in [0.29, 0.717) is 6.42 Å². The summed E-state index contributed by atoms with van der Waals surface area (Å²) in [5, 5.41) is 2.57. The van der Waals surface area contributed by atoms with Crippen LogP contribution in [0.5, 0.6) is 5.75 Å². The summed E-state index contributed by atoms with van der Waals surface area (Å²) in [4.78, 5) is 12.1. The Morgan fingerprint density at radius 1 is 1.61 bits per heavy atom. The van der Waals surface area contributed by atoms with Crippen LogP contribution in [-0.2, 0) is 0 Å². The molecule has 1 aromatic carbocycles. The van der Waals surface area contributed by atoms with Gasteiger partial charge in [-0.25, -0.2) is 4.39 Å². The Hall–Kier alpha value is -1.69. The van der Waals surface area contributed by atoms with Crippen molar-refractivity contribution in [3.63, 3.8) is 0 Å². The van der Waals surface area contributed by atoms with Crippen LogP contribution in [0.4, 0.5) is 4.39 Å². The molecule has 1 aromatic rings. The number of methoxy groups -OCH3 is 1. The number of ether oxygens (including phenoxy) is 1. The third-order valence-electron chi connectivity index (χ3n) is 2.48. The van der Waals surface area contributed by atoms with Gasteiger partial charge in [0.25, 0.3) is 5.91 Å². The summed E-state index contributed by atoms with van der Waals surface area (Å²) in [5.41, 5.74) is 5.33. The van der Waals surface area contributed by atoms with Gasteiger partial charge in [-0.2, -0.15) is 0 Å². The highest BCUT2D eigenvalue weighted by atomic mass is 32.1. The average molecular weight is 270 g/mol. The van der Waals surface area contributed by atoms with Crippen molar-refractivity contribution in [3.05, 3.63) is 29.6 Å². The molecule has 0 fully saturated rings. The number of hydrogen-bond acceptors (Lipinski definition) is 3. The van der Waals surface area contributed by atoms with Gasteiger partial charge in [-0.05, 0) is 18.6 Å². The molecule has 1 unspecified atom stereocenters. The molecule has 1 amide bonds. The van der Waals surface area contributed by atoms with Gasteiger partial charge in [-0.15, -0.1) is 0 Å². The fraction of sp³-hybridized carbons (Fsp3) is 0.333. The van der Waals surface area contributed by atoms with Crippen molar-refractivity contribution in [2.24, 2.45) is 5.73 Å². The zero-order valence-electron chi connectivity index (χ0n) is 10.2. The number of halogens is 1. The molecule has 0 aromatic heterocycles. The van der Waals surface area contributed by atoms with E-state index in [9.17, 15) is 9.18 Å². The lowest BCUT2D eigenvalue weighted by Crippen LogP contribution is -2.43. The van der Waals surface area contributed by atoms with Gasteiger partial charge in [0.1, 0.15) is 17.1 Å². The Kier molecular flexibility index (Phi) is 5.03. The monoisotopic (exact) mass is 270 g/mol. The number of rotatable bonds is 5. The number of carbonyl (C=O) groups is 1. The summed E-state index contributed by atoms with van der Waals surface area (Å²) in [7, 11) is 1.37. The lowest BCUT2D eigenvalue weighted by atomic mass is 10.1. The van der Waals surface area contributed by atoms with Crippen LogP contribution in [0.3, 0.4) is 0 Å². The Morgan fingerprint density at radius 2 is 2.28 bits per heavy atom. The molecule has 0 aliphatic carbocycles. The fourth-order valence-electron chi connectivity index (χ4n) is 1.50. The van der Waals surface area contributed by atoms with Gasteiger partial charge in [0, 0.05) is 0 Å². The summed E-state index contributed by atoms with van der Waals surface area (Å²) >= 11 is 4.82. The van der Waals surface area contributed by atoms with Crippen molar-refractivity contribution in [2.45, 2.75) is 19.4 Å². The maximum atomic E-state index is 13.6. The predicted octanol–water partition coefficient (Wildman–Crippen LogP) is 1.63. The van der Waals surface area contributed by atoms with Gasteiger partial charge < -0.3 is 15.8 Å². The first-order valence-corrected chi connectivity index (χ1v) is 5.84. The molecule has 0 heterocycles. The second-order valence-corrected chi connectivity index (χ2v) is 4.13. The Morgan fingerprint density at radius 3 is 2.78 bits per heavy atom. The summed E-state index contributed by atoms with van der Waals surface area (Å²) < 4.78 is 18.6. The van der Waals surface area contributed by atoms with Gasteiger partial charge in [0.15, 0.2) is 0 Å². The Labute approximate surface area is 110 Å². The molecular formula is C12H15FN2O2S. The third-order valence-corrected chi connectivity index (χ3v) is 2.76. The predicted molar refractivity (Wildman–Crippen MR) is 71.3 cm³/mol. The van der Waals surface area contributed by atoms with Crippen LogP contribution in [0.25, 0.3) is 0 Å². The van der Waals surface area contributed by atoms with E-state index < -0.39 is 17.8 Å². The van der Waals surface area contributed by atoms with E-state index in [4.69, 9.17) is 22.7 Å². The van der Waals surface area contributed by atoms with E-state index in [1.165, 1.54) is 25.3 Å². The number of thiocarbonyl (C=S) groups is 1. The minimum atomic E-state index is -0.648. The molecule has 0 radical (unpaired) electrons. The molecule has 4 nitrogen and oxygen atoms in total. The summed E-state index contributed by atoms with van der Waals surface area (Å²) in [6, 6.07) is 3.71. The van der Waals surface area contributed by atoms with E-state index >= 15 is 0 Å². The van der Waals surface area contributed by atoms with Gasteiger partial charge in [-0.3, -0.25) is 4.79 Å². The number of nitrogens with two attached hydrogens (primary N) is 1. The van der Waals surface area contributed by atoms with E-state index in [-0.39, 0.29) is 16.3 Å². The van der Waals surface area contributed by atoms with Crippen LogP contribution in [-0.4, -0.2) is 24.0 Å². The van der Waals surface area contributed by atoms with Crippen LogP contribution in [0.2, 0.25) is 0 Å². The van der Waals surface area contributed by atoms with Crippen LogP contribution in [0, 0.1) is 5.82 Å². The SMILES string of the molecule is CCC(NC(=O)c1c(F)cccc1OC)C(N)=S. The highest BCUT2D eigenvalue weighted by Crippen LogP contribution is 2.21. The number of amides is 1. The maximum absolute atomic E-state index is 13.6. The number of benzene rings is 1. The minimum Gasteiger partial charge on any atom is -0.496 e. The quantitative estimate of drug-likeness (QED) is 0.798. The molecule has 0 bridgehead atoms. The second kappa shape index (κ2) is 6.30. The minimum absolute atomic E-state index is 0.144. The lowest BCUT2D eigenvalue weighted by Gasteiger charge is -2.16. The maximum Gasteiger partial charge on any atom is 0.258 e. The molecular weight excluding hydrogens is 255 g/mol. The Bertz CT molecular complexity index is 465. The van der Waals surface area contributed by atoms with E-state index in [0.717, 1.165) is 0 Å². The third kappa shape index (κ3) is 3.16. The van der Waals surface area contributed by atoms with Gasteiger partial charge in [-0.1, -0.05) is 25.2 Å². The molecule has 0 spiro atoms. The van der Waals surface area contributed by atoms with Gasteiger partial charge in [0.2, 0.25) is 0 Å². The number of nitrogens with one attached hydrogen (secondary N) is 1. The van der Waals surface area contributed by atoms with Crippen molar-refractivity contribution in [1.29, 1.82) is 0 Å². The molecule has 1 rings (SSSR count). The summed E-state index contributed by atoms with van der Waals surface area (Å²) in [5.74, 6) is -1.07. The standard InChI is InChI=1S/C12H15FN2O2S/c1-3-8(11(14)18)15-12(16)10-7(13)5-4-6-9(10)17-2/h4-6,8H,3H2,1-2H3,(H2,14,18)(H,15,16). The zero-order chi connectivity index (χ0) is 13.7. The highest BCUT2D eigenvalue weighted by molar-refractivity contribution is 7.80. The van der Waals surface area contributed by atoms with Crippen LogP contribution in [0.1, 0.15) is 23.7 Å². The highest BCUT2D eigenvalue weighted by Gasteiger charge is 2.20. The first-order valence-electron chi connectivity index (χ1n) is 5.44. The molecule has 0 aliphatic heterocycles. The summed E-state index contributed by atoms with van der Waals surface area (Å²) in [6.45, 7) is 1.82. The van der Waals surface area contributed by atoms with Crippen molar-refractivity contribution < 1.29 is 13.9 Å². The molecule has 98 valence electrons. The van der Waals surface area contributed by atoms with Gasteiger partial charge >= 0.3 is 0 Å². The van der Waals surface area contributed by atoms with E-state index in [1.54, 1.807) is 0 Å². The normalized spacial score (nSPS) is 11.7. The topological polar surface area (TPSA) is 64.3 Å². The van der Waals surface area contributed by atoms with Crippen LogP contribution < -0.4 is 15.8 Å². The zero-order valence-corrected chi connectivity index (χ0v) is 11.0. The number of carbonyl (C=O) groups excluding carboxylic acids is 1. The van der Waals surface area contributed by atoms with E-state index in [2.05, 4.69) is 5.32 Å². The first-order chi connectivity index (χ1) is 8.51. The average Bonchev–Trinajstić information content (AvgIpc) is 2.34. The van der Waals surface area contributed by atoms with E-state index in [1.807, 2.05) is 6.92 Å². The summed E-state index contributed by atoms with van der Waals surface area (Å²) in [6.07, 6.45) is 0.540. The molecule has 0 saturated heterocycles. The smallest absolute Gasteiger partial charge is 0.258 e. The van der Waals surface area contributed by atoms with Crippen molar-refractivity contribution in [3.8, 4) is 5.75 Å². The van der Waals surface area contributed by atoms with Crippen molar-refractivity contribution in [2.75, 3.05) is 7.11 Å². The molecule has 18 heavy (non-hydrogen) atoms. The number of hydrogen-bond donors (Lipinski definition) is 2. The van der Waals surface area contributed by atoms with Gasteiger partial charge in [0.05, 0.1) is 18.1 Å². The first kappa shape index (κ1) is 14.4. The Balaban J connectivity index is 3.00. The van der Waals surface area contributed by atoms with Crippen LogP contribution >= 0.6 is 12.2 Å². The second-order valence-electron chi connectivity index (χ2n) is 3.65. The fourth-order valence-corrected chi connectivity index (χ4v) is 1.73. The lowest BCUT2D eigenvalue weighted by molar-refractivity contribution is 0.0939. The van der Waals surface area contributed by atoms with Crippen molar-refractivity contribution in [1.82, 2.24) is 5.32 Å².